The monoisotopic (exact) mass is 265 g/mol. The zero-order valence-electron chi connectivity index (χ0n) is 11.9. The first-order valence-corrected chi connectivity index (χ1v) is 6.82. The van der Waals surface area contributed by atoms with Gasteiger partial charge in [-0.3, -0.25) is 0 Å². The molecule has 0 amide bonds. The number of nitrogens with two attached hydrogens (primary N) is 1. The van der Waals surface area contributed by atoms with Crippen LogP contribution in [0.25, 0.3) is 0 Å². The van der Waals surface area contributed by atoms with E-state index in [2.05, 4.69) is 41.4 Å². The van der Waals surface area contributed by atoms with Crippen LogP contribution in [-0.4, -0.2) is 34.8 Å². The second-order valence-corrected chi connectivity index (χ2v) is 5.23. The second-order valence-electron chi connectivity index (χ2n) is 5.23. The highest BCUT2D eigenvalue weighted by molar-refractivity contribution is 5.52. The highest BCUT2D eigenvalue weighted by atomic mass is 16.5. The van der Waals surface area contributed by atoms with Crippen LogP contribution in [0.5, 0.6) is 0 Å². The number of aromatic nitrogens is 2. The molecule has 1 saturated heterocycles. The van der Waals surface area contributed by atoms with Crippen molar-refractivity contribution in [3.63, 3.8) is 0 Å². The molecule has 2 rings (SSSR count). The minimum atomic E-state index is -0.108. The summed E-state index contributed by atoms with van der Waals surface area (Å²) < 4.78 is 5.61. The Morgan fingerprint density at radius 3 is 2.84 bits per heavy atom. The van der Waals surface area contributed by atoms with E-state index in [4.69, 9.17) is 10.5 Å². The summed E-state index contributed by atoms with van der Waals surface area (Å²) in [5.74, 6) is 1.77. The lowest BCUT2D eigenvalue weighted by Gasteiger charge is -2.29. The molecule has 0 saturated carbocycles. The Labute approximate surface area is 114 Å². The molecule has 19 heavy (non-hydrogen) atoms. The number of nitrogen functional groups attached to an aromatic ring is 1. The van der Waals surface area contributed by atoms with Crippen LogP contribution in [0.15, 0.2) is 6.07 Å². The van der Waals surface area contributed by atoms with Crippen molar-refractivity contribution in [3.8, 4) is 0 Å². The number of ether oxygens (including phenoxy) is 1. The first-order chi connectivity index (χ1) is 9.03. The van der Waals surface area contributed by atoms with E-state index in [1.807, 2.05) is 6.07 Å². The molecule has 1 fully saturated rings. The molecule has 2 unspecified atom stereocenters. The van der Waals surface area contributed by atoms with Crippen LogP contribution < -0.4 is 16.4 Å². The first kappa shape index (κ1) is 13.9. The van der Waals surface area contributed by atoms with Crippen LogP contribution >= 0.6 is 0 Å². The average Bonchev–Trinajstić information content (AvgIpc) is 2.66. The number of hydrogen-bond acceptors (Lipinski definition) is 6. The molecule has 0 bridgehead atoms. The van der Waals surface area contributed by atoms with E-state index >= 15 is 0 Å². The molecule has 0 spiro atoms. The van der Waals surface area contributed by atoms with E-state index in [1.54, 1.807) is 0 Å². The molecule has 6 nitrogen and oxygen atoms in total. The van der Waals surface area contributed by atoms with Crippen LogP contribution in [0.2, 0.25) is 0 Å². The lowest BCUT2D eigenvalue weighted by atomic mass is 9.95. The minimum Gasteiger partial charge on any atom is -0.376 e. The van der Waals surface area contributed by atoms with Gasteiger partial charge >= 0.3 is 0 Å². The summed E-state index contributed by atoms with van der Waals surface area (Å²) >= 11 is 0. The predicted molar refractivity (Wildman–Crippen MR) is 77.3 cm³/mol. The fourth-order valence-corrected chi connectivity index (χ4v) is 2.17. The molecule has 2 atom stereocenters. The summed E-state index contributed by atoms with van der Waals surface area (Å²) in [4.78, 5) is 8.42. The van der Waals surface area contributed by atoms with Crippen molar-refractivity contribution in [2.75, 3.05) is 29.5 Å². The molecular weight excluding hydrogens is 242 g/mol. The van der Waals surface area contributed by atoms with Gasteiger partial charge in [0.2, 0.25) is 5.95 Å². The van der Waals surface area contributed by atoms with Gasteiger partial charge in [-0.05, 0) is 26.7 Å². The molecule has 1 aromatic rings. The molecule has 2 heterocycles. The Morgan fingerprint density at radius 1 is 1.47 bits per heavy atom. The number of nitrogens with zero attached hydrogens (tertiary/aromatic N) is 2. The molecule has 0 radical (unpaired) electrons. The van der Waals surface area contributed by atoms with Crippen molar-refractivity contribution in [1.29, 1.82) is 0 Å². The van der Waals surface area contributed by atoms with Crippen LogP contribution in [0, 0.1) is 0 Å². The molecule has 6 heteroatoms. The Hall–Kier alpha value is -1.56. The van der Waals surface area contributed by atoms with Gasteiger partial charge in [0.15, 0.2) is 0 Å². The highest BCUT2D eigenvalue weighted by Gasteiger charge is 2.37. The number of rotatable bonds is 5. The van der Waals surface area contributed by atoms with E-state index in [0.717, 1.165) is 37.6 Å². The number of nitrogens with one attached hydrogen (secondary N) is 2. The lowest BCUT2D eigenvalue weighted by molar-refractivity contribution is 0.105. The van der Waals surface area contributed by atoms with Gasteiger partial charge in [-0.2, -0.15) is 9.97 Å². The lowest BCUT2D eigenvalue weighted by Crippen LogP contribution is -2.41. The molecule has 0 aliphatic carbocycles. The summed E-state index contributed by atoms with van der Waals surface area (Å²) in [6.07, 6.45) is 2.14. The molecule has 1 aliphatic heterocycles. The quantitative estimate of drug-likeness (QED) is 0.753. The fourth-order valence-electron chi connectivity index (χ4n) is 2.17. The van der Waals surface area contributed by atoms with E-state index in [-0.39, 0.29) is 17.6 Å². The van der Waals surface area contributed by atoms with E-state index in [1.165, 1.54) is 0 Å². The summed E-state index contributed by atoms with van der Waals surface area (Å²) in [5, 5.41) is 6.65. The third kappa shape index (κ3) is 3.26. The van der Waals surface area contributed by atoms with E-state index < -0.39 is 0 Å². The standard InChI is InChI=1S/C13H23N5O/c1-4-6-15-10-8-11(17-12(14)16-10)18-13(3)5-7-19-9(13)2/h8-9H,4-7H2,1-3H3,(H4,14,15,16,17,18). The summed E-state index contributed by atoms with van der Waals surface area (Å²) in [7, 11) is 0. The second kappa shape index (κ2) is 5.61. The largest absolute Gasteiger partial charge is 0.376 e. The third-order valence-corrected chi connectivity index (χ3v) is 3.60. The first-order valence-electron chi connectivity index (χ1n) is 6.82. The van der Waals surface area contributed by atoms with Gasteiger partial charge in [-0.15, -0.1) is 0 Å². The Morgan fingerprint density at radius 2 is 2.21 bits per heavy atom. The smallest absolute Gasteiger partial charge is 0.223 e. The van der Waals surface area contributed by atoms with Crippen LogP contribution in [0.4, 0.5) is 17.6 Å². The van der Waals surface area contributed by atoms with Crippen molar-refractivity contribution in [3.05, 3.63) is 6.07 Å². The van der Waals surface area contributed by atoms with Crippen LogP contribution in [-0.2, 0) is 4.74 Å². The van der Waals surface area contributed by atoms with Gasteiger partial charge in [0.05, 0.1) is 11.6 Å². The van der Waals surface area contributed by atoms with Gasteiger partial charge in [-0.1, -0.05) is 6.92 Å². The molecule has 1 aromatic heterocycles. The van der Waals surface area contributed by atoms with Crippen molar-refractivity contribution in [2.45, 2.75) is 45.3 Å². The summed E-state index contributed by atoms with van der Waals surface area (Å²) in [6, 6.07) is 1.89. The normalized spacial score (nSPS) is 26.4. The summed E-state index contributed by atoms with van der Waals surface area (Å²) in [6.45, 7) is 7.96. The maximum absolute atomic E-state index is 5.75. The van der Waals surface area contributed by atoms with Gasteiger partial charge in [-0.25, -0.2) is 0 Å². The highest BCUT2D eigenvalue weighted by Crippen LogP contribution is 2.29. The van der Waals surface area contributed by atoms with Crippen LogP contribution in [0.1, 0.15) is 33.6 Å². The fraction of sp³-hybridized carbons (Fsp3) is 0.692. The van der Waals surface area contributed by atoms with Gasteiger partial charge in [0.25, 0.3) is 0 Å². The number of anilines is 3. The topological polar surface area (TPSA) is 85.1 Å². The average molecular weight is 265 g/mol. The zero-order chi connectivity index (χ0) is 13.9. The van der Waals surface area contributed by atoms with Crippen molar-refractivity contribution in [2.24, 2.45) is 0 Å². The Balaban J connectivity index is 2.13. The van der Waals surface area contributed by atoms with Gasteiger partial charge in [0.1, 0.15) is 11.6 Å². The van der Waals surface area contributed by atoms with Crippen LogP contribution in [0.3, 0.4) is 0 Å². The molecular formula is C13H23N5O. The predicted octanol–water partition coefficient (Wildman–Crippen LogP) is 1.86. The van der Waals surface area contributed by atoms with Crippen molar-refractivity contribution >= 4 is 17.6 Å². The third-order valence-electron chi connectivity index (χ3n) is 3.60. The number of hydrogen-bond donors (Lipinski definition) is 3. The van der Waals surface area contributed by atoms with Gasteiger partial charge < -0.3 is 21.1 Å². The molecule has 0 aromatic carbocycles. The molecule has 4 N–H and O–H groups in total. The maximum Gasteiger partial charge on any atom is 0.223 e. The van der Waals surface area contributed by atoms with Gasteiger partial charge in [0, 0.05) is 19.2 Å². The SMILES string of the molecule is CCCNc1cc(NC2(C)CCOC2C)nc(N)n1. The Kier molecular flexibility index (Phi) is 4.09. The Bertz CT molecular complexity index is 439. The molecule has 1 aliphatic rings. The van der Waals surface area contributed by atoms with Crippen molar-refractivity contribution < 1.29 is 4.74 Å². The van der Waals surface area contributed by atoms with Crippen molar-refractivity contribution in [1.82, 2.24) is 9.97 Å². The zero-order valence-corrected chi connectivity index (χ0v) is 11.9. The summed E-state index contributed by atoms with van der Waals surface area (Å²) in [5.41, 5.74) is 5.64. The molecule has 106 valence electrons. The minimum absolute atomic E-state index is 0.108. The van der Waals surface area contributed by atoms with E-state index in [9.17, 15) is 0 Å². The van der Waals surface area contributed by atoms with E-state index in [0.29, 0.717) is 0 Å². The maximum atomic E-state index is 5.75.